The average Bonchev–Trinajstić information content (AvgIpc) is 3.61. The van der Waals surface area contributed by atoms with Crippen molar-refractivity contribution in [3.63, 3.8) is 0 Å². The summed E-state index contributed by atoms with van der Waals surface area (Å²) >= 11 is 0. The Morgan fingerprint density at radius 2 is 1.86 bits per heavy atom. The Bertz CT molecular complexity index is 1770. The first-order valence-electron chi connectivity index (χ1n) is 17.4. The number of sulfonamides is 1. The van der Waals surface area contributed by atoms with Crippen LogP contribution in [0.15, 0.2) is 42.1 Å². The lowest BCUT2D eigenvalue weighted by Gasteiger charge is -2.46. The lowest BCUT2D eigenvalue weighted by atomic mass is 9.77. The van der Waals surface area contributed by atoms with E-state index in [9.17, 15) is 13.2 Å². The Morgan fingerprint density at radius 1 is 1.18 bits per heavy atom. The number of nitrogens with zero attached hydrogens (tertiary/aromatic N) is 3. The van der Waals surface area contributed by atoms with Crippen molar-refractivity contribution in [1.82, 2.24) is 19.6 Å². The molecule has 2 saturated carbocycles. The number of alkyl halides is 1. The van der Waals surface area contributed by atoms with Crippen LogP contribution < -0.4 is 15.4 Å². The SMILES string of the molecule is Cc1cc(Nc2ncc(C(C)(C)F)c(OC3CC4CC=CC=C4C3(C(C)C)N(C)S(C)(=O)=O)n2)c(C2CC2C)cc1C(=O)NCC(C)(C)C. The fourth-order valence-corrected chi connectivity index (χ4v) is 8.59. The number of likely N-dealkylation sites (N-methyl/N-ethyl adjacent to an activating group) is 1. The summed E-state index contributed by atoms with van der Waals surface area (Å²) in [5.74, 6) is 0.854. The number of nitrogens with one attached hydrogen (secondary N) is 2. The molecule has 0 spiro atoms. The molecule has 0 radical (unpaired) electrons. The minimum atomic E-state index is -3.65. The number of rotatable bonds is 11. The minimum absolute atomic E-state index is 0.0459. The number of benzene rings is 1. The molecule has 9 nitrogen and oxygen atoms in total. The fourth-order valence-electron chi connectivity index (χ4n) is 7.61. The van der Waals surface area contributed by atoms with Crippen molar-refractivity contribution in [1.29, 1.82) is 0 Å². The van der Waals surface area contributed by atoms with Gasteiger partial charge in [-0.05, 0) is 98.0 Å². The van der Waals surface area contributed by atoms with E-state index in [4.69, 9.17) is 9.72 Å². The van der Waals surface area contributed by atoms with Crippen molar-refractivity contribution in [3.05, 3.63) is 64.4 Å². The monoisotopic (exact) mass is 695 g/mol. The summed E-state index contributed by atoms with van der Waals surface area (Å²) in [4.78, 5) is 22.6. The van der Waals surface area contributed by atoms with Gasteiger partial charge in [-0.15, -0.1) is 0 Å². The van der Waals surface area contributed by atoms with Gasteiger partial charge in [0.25, 0.3) is 5.91 Å². The molecule has 3 aliphatic rings. The molecular weight excluding hydrogens is 642 g/mol. The summed E-state index contributed by atoms with van der Waals surface area (Å²) in [6.07, 6.45) is 10.4. The van der Waals surface area contributed by atoms with Gasteiger partial charge in [-0.3, -0.25) is 4.79 Å². The van der Waals surface area contributed by atoms with Gasteiger partial charge < -0.3 is 15.4 Å². The number of allylic oxidation sites excluding steroid dienone is 3. The molecule has 0 saturated heterocycles. The summed E-state index contributed by atoms with van der Waals surface area (Å²) in [5, 5.41) is 6.45. The smallest absolute Gasteiger partial charge is 0.251 e. The number of fused-ring (bicyclic) bond motifs is 1. The predicted molar refractivity (Wildman–Crippen MR) is 193 cm³/mol. The van der Waals surface area contributed by atoms with Gasteiger partial charge in [0.15, 0.2) is 0 Å². The number of hydrogen-bond acceptors (Lipinski definition) is 7. The first-order valence-corrected chi connectivity index (χ1v) is 19.2. The van der Waals surface area contributed by atoms with Gasteiger partial charge in [-0.1, -0.05) is 59.8 Å². The second-order valence-electron chi connectivity index (χ2n) is 16.4. The number of carbonyl (C=O) groups excluding carboxylic acids is 1. The van der Waals surface area contributed by atoms with E-state index in [2.05, 4.69) is 49.4 Å². The maximum absolute atomic E-state index is 15.8. The van der Waals surface area contributed by atoms with Crippen molar-refractivity contribution in [2.24, 2.45) is 23.2 Å². The first kappa shape index (κ1) is 37.0. The Hall–Kier alpha value is -3.31. The normalized spacial score (nSPS) is 25.3. The molecule has 0 aliphatic heterocycles. The molecule has 5 unspecified atom stereocenters. The summed E-state index contributed by atoms with van der Waals surface area (Å²) in [5.41, 5.74) is 1.53. The topological polar surface area (TPSA) is 114 Å². The first-order chi connectivity index (χ1) is 22.6. The van der Waals surface area contributed by atoms with Crippen LogP contribution in [0, 0.1) is 30.1 Å². The van der Waals surface area contributed by atoms with E-state index >= 15 is 4.39 Å². The number of aromatic nitrogens is 2. The van der Waals surface area contributed by atoms with Crippen LogP contribution >= 0.6 is 0 Å². The number of aryl methyl sites for hydroxylation is 1. The summed E-state index contributed by atoms with van der Waals surface area (Å²) in [7, 11) is -2.04. The van der Waals surface area contributed by atoms with Gasteiger partial charge in [0.1, 0.15) is 11.8 Å². The molecule has 2 aromatic rings. The molecular formula is C38H54FN5O4S. The highest BCUT2D eigenvalue weighted by molar-refractivity contribution is 7.88. The van der Waals surface area contributed by atoms with E-state index in [0.29, 0.717) is 24.4 Å². The molecule has 1 aromatic heterocycles. The van der Waals surface area contributed by atoms with Crippen molar-refractivity contribution >= 4 is 27.6 Å². The van der Waals surface area contributed by atoms with Crippen LogP contribution in [0.1, 0.15) is 108 Å². The third kappa shape index (κ3) is 7.43. The Labute approximate surface area is 292 Å². The van der Waals surface area contributed by atoms with Gasteiger partial charge >= 0.3 is 0 Å². The zero-order chi connectivity index (χ0) is 36.3. The van der Waals surface area contributed by atoms with E-state index in [1.807, 2.05) is 45.1 Å². The van der Waals surface area contributed by atoms with Crippen molar-refractivity contribution < 1.29 is 22.3 Å². The van der Waals surface area contributed by atoms with E-state index in [1.54, 1.807) is 7.05 Å². The number of halogens is 1. The molecule has 5 atom stereocenters. The van der Waals surface area contributed by atoms with Crippen LogP contribution in [0.4, 0.5) is 16.0 Å². The maximum atomic E-state index is 15.8. The summed E-state index contributed by atoms with van der Waals surface area (Å²) in [6, 6.07) is 3.93. The van der Waals surface area contributed by atoms with Crippen LogP contribution in [0.3, 0.4) is 0 Å². The Kier molecular flexibility index (Phi) is 9.88. The quantitative estimate of drug-likeness (QED) is 0.249. The molecule has 5 rings (SSSR count). The molecule has 49 heavy (non-hydrogen) atoms. The Balaban J connectivity index is 1.55. The van der Waals surface area contributed by atoms with Gasteiger partial charge in [0.05, 0.1) is 17.4 Å². The largest absolute Gasteiger partial charge is 0.472 e. The van der Waals surface area contributed by atoms with Gasteiger partial charge in [0.2, 0.25) is 21.9 Å². The fraction of sp³-hybridized carbons (Fsp3) is 0.605. The van der Waals surface area contributed by atoms with Crippen molar-refractivity contribution in [2.75, 3.05) is 25.2 Å². The van der Waals surface area contributed by atoms with Crippen LogP contribution in [-0.2, 0) is 15.7 Å². The van der Waals surface area contributed by atoms with Crippen LogP contribution in [-0.4, -0.2) is 60.1 Å². The van der Waals surface area contributed by atoms with Crippen molar-refractivity contribution in [3.8, 4) is 5.88 Å². The van der Waals surface area contributed by atoms with Gasteiger partial charge in [0, 0.05) is 31.0 Å². The number of hydrogen-bond donors (Lipinski definition) is 2. The maximum Gasteiger partial charge on any atom is 0.251 e. The van der Waals surface area contributed by atoms with Gasteiger partial charge in [-0.2, -0.15) is 9.29 Å². The predicted octanol–water partition coefficient (Wildman–Crippen LogP) is 7.57. The lowest BCUT2D eigenvalue weighted by Crippen LogP contribution is -2.60. The Morgan fingerprint density at radius 3 is 2.43 bits per heavy atom. The molecule has 2 N–H and O–H groups in total. The third-order valence-electron chi connectivity index (χ3n) is 10.4. The summed E-state index contributed by atoms with van der Waals surface area (Å²) in [6.45, 7) is 17.8. The highest BCUT2D eigenvalue weighted by Crippen LogP contribution is 2.53. The van der Waals surface area contributed by atoms with E-state index in [1.165, 1.54) is 30.6 Å². The summed E-state index contributed by atoms with van der Waals surface area (Å²) < 4.78 is 50.4. The highest BCUT2D eigenvalue weighted by atomic mass is 32.2. The zero-order valence-electron chi connectivity index (χ0n) is 30.9. The second-order valence-corrected chi connectivity index (χ2v) is 18.4. The third-order valence-corrected chi connectivity index (χ3v) is 11.7. The molecule has 0 bridgehead atoms. The van der Waals surface area contributed by atoms with Crippen molar-refractivity contribution in [2.45, 2.75) is 105 Å². The molecule has 268 valence electrons. The van der Waals surface area contributed by atoms with Gasteiger partial charge in [-0.25, -0.2) is 17.8 Å². The number of carbonyl (C=O) groups is 1. The highest BCUT2D eigenvalue weighted by Gasteiger charge is 2.59. The van der Waals surface area contributed by atoms with E-state index in [0.717, 1.165) is 35.2 Å². The standard InChI is InChI=1S/C38H54FN5O4S/c1-22(2)38(44(10)49(11,46)47)29-15-13-12-14-25(29)18-32(38)48-34-30(37(8,9)39)20-40-35(43-34)42-31-17-24(4)27(19-28(31)26-16-23(26)3)33(45)41-21-36(5,6)7/h12-13,15,17,19-20,22-23,25-26,32H,14,16,18,21H2,1-11H3,(H,41,45)(H,40,42,43). The molecule has 1 heterocycles. The molecule has 11 heteroatoms. The minimum Gasteiger partial charge on any atom is -0.472 e. The number of anilines is 2. The second kappa shape index (κ2) is 13.1. The molecule has 1 amide bonds. The molecule has 2 fully saturated rings. The van der Waals surface area contributed by atoms with Crippen LogP contribution in [0.5, 0.6) is 5.88 Å². The number of amides is 1. The van der Waals surface area contributed by atoms with E-state index in [-0.39, 0.29) is 46.5 Å². The zero-order valence-corrected chi connectivity index (χ0v) is 31.8. The average molecular weight is 696 g/mol. The molecule has 3 aliphatic carbocycles. The number of ether oxygens (including phenoxy) is 1. The van der Waals surface area contributed by atoms with E-state index < -0.39 is 27.3 Å². The van der Waals surface area contributed by atoms with Crippen LogP contribution in [0.2, 0.25) is 0 Å². The van der Waals surface area contributed by atoms with Crippen LogP contribution in [0.25, 0.3) is 0 Å². The lowest BCUT2D eigenvalue weighted by molar-refractivity contribution is 0.0445. The molecule has 1 aromatic carbocycles.